The van der Waals surface area contributed by atoms with E-state index >= 15 is 0 Å². The van der Waals surface area contributed by atoms with E-state index in [-0.39, 0.29) is 29.4 Å². The first-order chi connectivity index (χ1) is 16.7. The SMILES string of the molecule is COc1nc(C)c(Nc2nc(Cl)c(C(COC(=O)Nc3ccc(Cl)cc3)C3CC3)[nH]c2=O)cc1C. The Morgan fingerprint density at radius 1 is 1.20 bits per heavy atom. The zero-order valence-corrected chi connectivity index (χ0v) is 21.0. The number of carbonyl (C=O) groups is 1. The van der Waals surface area contributed by atoms with Crippen molar-refractivity contribution in [2.45, 2.75) is 32.6 Å². The Bertz CT molecular complexity index is 1290. The lowest BCUT2D eigenvalue weighted by atomic mass is 10.0. The van der Waals surface area contributed by atoms with Gasteiger partial charge in [0.1, 0.15) is 6.61 Å². The van der Waals surface area contributed by atoms with Crippen molar-refractivity contribution in [3.63, 3.8) is 0 Å². The summed E-state index contributed by atoms with van der Waals surface area (Å²) < 4.78 is 10.7. The number of anilines is 3. The van der Waals surface area contributed by atoms with Crippen molar-refractivity contribution in [1.29, 1.82) is 0 Å². The molecule has 0 spiro atoms. The quantitative estimate of drug-likeness (QED) is 0.356. The zero-order chi connectivity index (χ0) is 25.1. The monoisotopic (exact) mass is 517 g/mol. The normalized spacial score (nSPS) is 13.7. The first-order valence-electron chi connectivity index (χ1n) is 11.0. The Kier molecular flexibility index (Phi) is 7.47. The van der Waals surface area contributed by atoms with E-state index in [1.54, 1.807) is 38.3 Å². The molecule has 3 aromatic rings. The Balaban J connectivity index is 1.48. The summed E-state index contributed by atoms with van der Waals surface area (Å²) in [5.74, 6) is 0.516. The second-order valence-corrected chi connectivity index (χ2v) is 9.16. The van der Waals surface area contributed by atoms with Gasteiger partial charge >= 0.3 is 6.09 Å². The molecule has 1 saturated carbocycles. The summed E-state index contributed by atoms with van der Waals surface area (Å²) >= 11 is 12.4. The van der Waals surface area contributed by atoms with Crippen molar-refractivity contribution in [2.24, 2.45) is 5.92 Å². The molecule has 1 unspecified atom stereocenters. The predicted molar refractivity (Wildman–Crippen MR) is 135 cm³/mol. The van der Waals surface area contributed by atoms with Crippen LogP contribution in [0.2, 0.25) is 10.2 Å². The molecule has 4 rings (SSSR count). The fourth-order valence-electron chi connectivity index (χ4n) is 3.72. The van der Waals surface area contributed by atoms with Crippen LogP contribution in [0, 0.1) is 19.8 Å². The minimum atomic E-state index is -0.611. The Labute approximate surface area is 212 Å². The molecule has 1 aliphatic carbocycles. The van der Waals surface area contributed by atoms with E-state index in [9.17, 15) is 9.59 Å². The number of rotatable bonds is 8. The van der Waals surface area contributed by atoms with Crippen molar-refractivity contribution in [2.75, 3.05) is 24.4 Å². The molecule has 1 aliphatic rings. The summed E-state index contributed by atoms with van der Waals surface area (Å²) in [6.45, 7) is 3.70. The van der Waals surface area contributed by atoms with Gasteiger partial charge in [-0.15, -0.1) is 0 Å². The predicted octanol–water partition coefficient (Wildman–Crippen LogP) is 5.58. The first kappa shape index (κ1) is 24.8. The molecule has 3 N–H and O–H groups in total. The van der Waals surface area contributed by atoms with Gasteiger partial charge in [-0.3, -0.25) is 10.1 Å². The number of benzene rings is 1. The number of aromatic nitrogens is 3. The third-order valence-corrected chi connectivity index (χ3v) is 6.29. The molecule has 1 aromatic carbocycles. The van der Waals surface area contributed by atoms with Crippen molar-refractivity contribution >= 4 is 46.5 Å². The molecule has 11 heteroatoms. The van der Waals surface area contributed by atoms with Gasteiger partial charge < -0.3 is 19.8 Å². The molecule has 2 heterocycles. The molecule has 0 radical (unpaired) electrons. The van der Waals surface area contributed by atoms with Crippen LogP contribution in [0.3, 0.4) is 0 Å². The van der Waals surface area contributed by atoms with Crippen molar-refractivity contribution in [3.8, 4) is 5.88 Å². The molecule has 0 saturated heterocycles. The van der Waals surface area contributed by atoms with E-state index in [0.29, 0.717) is 33.7 Å². The largest absolute Gasteiger partial charge is 0.481 e. The van der Waals surface area contributed by atoms with Gasteiger partial charge in [-0.2, -0.15) is 0 Å². The van der Waals surface area contributed by atoms with Crippen molar-refractivity contribution in [1.82, 2.24) is 15.0 Å². The van der Waals surface area contributed by atoms with Crippen molar-refractivity contribution in [3.05, 3.63) is 67.8 Å². The molecule has 1 atom stereocenters. The van der Waals surface area contributed by atoms with Crippen LogP contribution in [0.1, 0.15) is 35.7 Å². The molecule has 2 aromatic heterocycles. The maximum absolute atomic E-state index is 12.9. The molecular formula is C24H25Cl2N5O4. The zero-order valence-electron chi connectivity index (χ0n) is 19.4. The summed E-state index contributed by atoms with van der Waals surface area (Å²) in [7, 11) is 1.55. The molecule has 184 valence electrons. The van der Waals surface area contributed by atoms with E-state index in [1.807, 2.05) is 13.0 Å². The van der Waals surface area contributed by atoms with Crippen molar-refractivity contribution < 1.29 is 14.3 Å². The number of halogens is 2. The molecule has 0 aliphatic heterocycles. The number of pyridine rings is 1. The van der Waals surface area contributed by atoms with Crippen LogP contribution in [-0.2, 0) is 4.74 Å². The highest BCUT2D eigenvalue weighted by Gasteiger charge is 2.36. The number of aromatic amines is 1. The molecule has 9 nitrogen and oxygen atoms in total. The number of H-pyrrole nitrogens is 1. The summed E-state index contributed by atoms with van der Waals surface area (Å²) in [6.07, 6.45) is 1.28. The minimum absolute atomic E-state index is 0.0455. The molecular weight excluding hydrogens is 493 g/mol. The number of methoxy groups -OCH3 is 1. The molecule has 35 heavy (non-hydrogen) atoms. The van der Waals surface area contributed by atoms with Gasteiger partial charge in [0, 0.05) is 22.2 Å². The molecule has 1 fully saturated rings. The summed E-state index contributed by atoms with van der Waals surface area (Å²) in [4.78, 5) is 36.6. The molecule has 1 amide bonds. The number of ether oxygens (including phenoxy) is 2. The van der Waals surface area contributed by atoms with Crippen LogP contribution >= 0.6 is 23.2 Å². The number of carbonyl (C=O) groups excluding carboxylic acids is 1. The molecule has 0 bridgehead atoms. The number of hydrogen-bond donors (Lipinski definition) is 3. The smallest absolute Gasteiger partial charge is 0.411 e. The van der Waals surface area contributed by atoms with Crippen LogP contribution in [0.4, 0.5) is 22.0 Å². The Hall–Kier alpha value is -3.30. The second kappa shape index (κ2) is 10.5. The van der Waals surface area contributed by atoms with E-state index < -0.39 is 11.7 Å². The highest BCUT2D eigenvalue weighted by Crippen LogP contribution is 2.43. The summed E-state index contributed by atoms with van der Waals surface area (Å²) in [5.41, 5.74) is 2.64. The fourth-order valence-corrected chi connectivity index (χ4v) is 4.12. The van der Waals surface area contributed by atoms with Crippen LogP contribution < -0.4 is 20.9 Å². The van der Waals surface area contributed by atoms with E-state index in [4.69, 9.17) is 32.7 Å². The Morgan fingerprint density at radius 2 is 1.91 bits per heavy atom. The standard InChI is InChI=1S/C24H25Cl2N5O4/c1-12-10-18(13(2)27-23(12)34-3)29-21-22(32)30-19(20(26)31-21)17(14-4-5-14)11-35-24(33)28-16-8-6-15(25)7-9-16/h6-10,14,17H,4-5,11H2,1-3H3,(H,28,33)(H,29,31)(H,30,32). The lowest BCUT2D eigenvalue weighted by Gasteiger charge is -2.18. The average molecular weight is 518 g/mol. The topological polar surface area (TPSA) is 118 Å². The summed E-state index contributed by atoms with van der Waals surface area (Å²) in [6, 6.07) is 8.51. The van der Waals surface area contributed by atoms with Crippen LogP contribution in [0.5, 0.6) is 5.88 Å². The fraction of sp³-hybridized carbons (Fsp3) is 0.333. The number of nitrogens with zero attached hydrogens (tertiary/aromatic N) is 2. The van der Waals surface area contributed by atoms with Crippen LogP contribution in [0.25, 0.3) is 0 Å². The van der Waals surface area contributed by atoms with E-state index in [2.05, 4.69) is 25.6 Å². The minimum Gasteiger partial charge on any atom is -0.481 e. The highest BCUT2D eigenvalue weighted by molar-refractivity contribution is 6.30. The van der Waals surface area contributed by atoms with Gasteiger partial charge in [-0.05, 0) is 62.9 Å². The number of aryl methyl sites for hydroxylation is 2. The maximum atomic E-state index is 12.9. The number of amides is 1. The third-order valence-electron chi connectivity index (χ3n) is 5.75. The second-order valence-electron chi connectivity index (χ2n) is 8.37. The lowest BCUT2D eigenvalue weighted by Crippen LogP contribution is -2.23. The van der Waals surface area contributed by atoms with Gasteiger partial charge in [-0.1, -0.05) is 23.2 Å². The van der Waals surface area contributed by atoms with Gasteiger partial charge in [-0.25, -0.2) is 14.8 Å². The van der Waals surface area contributed by atoms with Crippen LogP contribution in [-0.4, -0.2) is 34.8 Å². The van der Waals surface area contributed by atoms with Gasteiger partial charge in [0.15, 0.2) is 11.0 Å². The van der Waals surface area contributed by atoms with Gasteiger partial charge in [0.2, 0.25) is 5.88 Å². The van der Waals surface area contributed by atoms with E-state index in [1.165, 1.54) is 0 Å². The average Bonchev–Trinajstić information content (AvgIpc) is 3.66. The Morgan fingerprint density at radius 3 is 2.57 bits per heavy atom. The van der Waals surface area contributed by atoms with Gasteiger partial charge in [0.05, 0.1) is 24.2 Å². The van der Waals surface area contributed by atoms with E-state index in [0.717, 1.165) is 18.4 Å². The maximum Gasteiger partial charge on any atom is 0.411 e. The lowest BCUT2D eigenvalue weighted by molar-refractivity contribution is 0.149. The third kappa shape index (κ3) is 6.04. The van der Waals surface area contributed by atoms with Crippen LogP contribution in [0.15, 0.2) is 35.1 Å². The van der Waals surface area contributed by atoms with Gasteiger partial charge in [0.25, 0.3) is 5.56 Å². The first-order valence-corrected chi connectivity index (χ1v) is 11.8. The highest BCUT2D eigenvalue weighted by atomic mass is 35.5. The summed E-state index contributed by atoms with van der Waals surface area (Å²) in [5, 5.41) is 6.36. The number of nitrogens with one attached hydrogen (secondary N) is 3. The number of hydrogen-bond acceptors (Lipinski definition) is 7.